The number of hydrogen-bond acceptors (Lipinski definition) is 2. The molecule has 1 rings (SSSR count). The van der Waals surface area contributed by atoms with Gasteiger partial charge in [-0.05, 0) is 31.5 Å². The van der Waals surface area contributed by atoms with Gasteiger partial charge in [0.15, 0.2) is 0 Å². The molecule has 3 heteroatoms. The highest BCUT2D eigenvalue weighted by molar-refractivity contribution is 9.10. The molecule has 0 saturated carbocycles. The van der Waals surface area contributed by atoms with Gasteiger partial charge in [0.25, 0.3) is 0 Å². The fourth-order valence-electron chi connectivity index (χ4n) is 1.65. The zero-order chi connectivity index (χ0) is 11.3. The highest BCUT2D eigenvalue weighted by atomic mass is 79.9. The van der Waals surface area contributed by atoms with Crippen LogP contribution in [0.15, 0.2) is 28.7 Å². The van der Waals surface area contributed by atoms with Crippen molar-refractivity contribution in [2.75, 3.05) is 11.9 Å². The van der Waals surface area contributed by atoms with E-state index in [4.69, 9.17) is 0 Å². The van der Waals surface area contributed by atoms with Crippen LogP contribution in [0.25, 0.3) is 0 Å². The van der Waals surface area contributed by atoms with Crippen molar-refractivity contribution in [3.8, 4) is 0 Å². The Hall–Kier alpha value is -0.540. The Kier molecular flexibility index (Phi) is 4.61. The van der Waals surface area contributed by atoms with Crippen LogP contribution < -0.4 is 5.32 Å². The second kappa shape index (κ2) is 5.52. The number of hydrogen-bond donors (Lipinski definition) is 2. The third-order valence-electron chi connectivity index (χ3n) is 2.42. The van der Waals surface area contributed by atoms with Gasteiger partial charge in [-0.1, -0.05) is 35.3 Å². The smallest absolute Gasteiger partial charge is 0.0658 e. The lowest BCUT2D eigenvalue weighted by Crippen LogP contribution is -2.38. The average molecular weight is 272 g/mol. The second-order valence-corrected chi connectivity index (χ2v) is 5.02. The molecule has 0 fully saturated rings. The van der Waals surface area contributed by atoms with Crippen molar-refractivity contribution in [1.29, 1.82) is 0 Å². The van der Waals surface area contributed by atoms with Crippen molar-refractivity contribution in [2.45, 2.75) is 32.2 Å². The summed E-state index contributed by atoms with van der Waals surface area (Å²) < 4.78 is 1.05. The van der Waals surface area contributed by atoms with Crippen LogP contribution >= 0.6 is 15.9 Å². The zero-order valence-corrected chi connectivity index (χ0v) is 10.8. The van der Waals surface area contributed by atoms with Gasteiger partial charge in [-0.2, -0.15) is 0 Å². The summed E-state index contributed by atoms with van der Waals surface area (Å²) in [4.78, 5) is 0. The average Bonchev–Trinajstić information content (AvgIpc) is 2.18. The SMILES string of the molecule is CCCC(C)(CO)Nc1cccc(Br)c1. The van der Waals surface area contributed by atoms with E-state index in [1.54, 1.807) is 0 Å². The van der Waals surface area contributed by atoms with Crippen molar-refractivity contribution >= 4 is 21.6 Å². The van der Waals surface area contributed by atoms with E-state index in [-0.39, 0.29) is 12.1 Å². The van der Waals surface area contributed by atoms with Crippen molar-refractivity contribution in [3.05, 3.63) is 28.7 Å². The molecule has 0 bridgehead atoms. The second-order valence-electron chi connectivity index (χ2n) is 4.10. The molecule has 0 saturated heterocycles. The van der Waals surface area contributed by atoms with E-state index in [2.05, 4.69) is 28.2 Å². The van der Waals surface area contributed by atoms with E-state index >= 15 is 0 Å². The van der Waals surface area contributed by atoms with Gasteiger partial charge in [-0.3, -0.25) is 0 Å². The number of anilines is 1. The molecule has 1 aromatic rings. The highest BCUT2D eigenvalue weighted by Crippen LogP contribution is 2.22. The molecule has 1 unspecified atom stereocenters. The lowest BCUT2D eigenvalue weighted by molar-refractivity contribution is 0.214. The quantitative estimate of drug-likeness (QED) is 0.860. The fourth-order valence-corrected chi connectivity index (χ4v) is 2.05. The molecule has 2 N–H and O–H groups in total. The Morgan fingerprint density at radius 2 is 2.20 bits per heavy atom. The van der Waals surface area contributed by atoms with Crippen LogP contribution in [0.2, 0.25) is 0 Å². The normalized spacial score (nSPS) is 14.7. The predicted molar refractivity (Wildman–Crippen MR) is 68.2 cm³/mol. The van der Waals surface area contributed by atoms with Crippen LogP contribution in [0.3, 0.4) is 0 Å². The first-order valence-corrected chi connectivity index (χ1v) is 6.03. The third-order valence-corrected chi connectivity index (χ3v) is 2.91. The van der Waals surface area contributed by atoms with E-state index in [0.29, 0.717) is 0 Å². The van der Waals surface area contributed by atoms with Crippen molar-refractivity contribution in [1.82, 2.24) is 0 Å². The van der Waals surface area contributed by atoms with Gasteiger partial charge in [0.2, 0.25) is 0 Å². The Balaban J connectivity index is 2.74. The van der Waals surface area contributed by atoms with E-state index < -0.39 is 0 Å². The van der Waals surface area contributed by atoms with Crippen LogP contribution in [0.4, 0.5) is 5.69 Å². The Bertz CT molecular complexity index is 316. The molecule has 0 aromatic heterocycles. The summed E-state index contributed by atoms with van der Waals surface area (Å²) in [5.74, 6) is 0. The summed E-state index contributed by atoms with van der Waals surface area (Å²) in [6, 6.07) is 8.00. The summed E-state index contributed by atoms with van der Waals surface area (Å²) >= 11 is 3.43. The van der Waals surface area contributed by atoms with Crippen LogP contribution in [0.1, 0.15) is 26.7 Å². The lowest BCUT2D eigenvalue weighted by Gasteiger charge is -2.29. The molecule has 0 radical (unpaired) electrons. The van der Waals surface area contributed by atoms with E-state index in [0.717, 1.165) is 23.0 Å². The summed E-state index contributed by atoms with van der Waals surface area (Å²) in [5, 5.41) is 12.7. The largest absolute Gasteiger partial charge is 0.394 e. The maximum absolute atomic E-state index is 9.37. The number of halogens is 1. The van der Waals surface area contributed by atoms with Gasteiger partial charge in [0.05, 0.1) is 12.1 Å². The molecule has 0 aliphatic rings. The maximum atomic E-state index is 9.37. The van der Waals surface area contributed by atoms with Crippen molar-refractivity contribution in [3.63, 3.8) is 0 Å². The Labute approximate surface area is 99.8 Å². The van der Waals surface area contributed by atoms with Crippen molar-refractivity contribution < 1.29 is 5.11 Å². The van der Waals surface area contributed by atoms with Crippen LogP contribution in [-0.2, 0) is 0 Å². The van der Waals surface area contributed by atoms with Crippen LogP contribution in [0, 0.1) is 0 Å². The summed E-state index contributed by atoms with van der Waals surface area (Å²) in [7, 11) is 0. The van der Waals surface area contributed by atoms with Gasteiger partial charge in [0, 0.05) is 10.2 Å². The number of aliphatic hydroxyl groups is 1. The molecular weight excluding hydrogens is 254 g/mol. The molecule has 1 aromatic carbocycles. The highest BCUT2D eigenvalue weighted by Gasteiger charge is 2.21. The standard InChI is InChI=1S/C12H18BrNO/c1-3-7-12(2,9-15)14-11-6-4-5-10(13)8-11/h4-6,8,14-15H,3,7,9H2,1-2H3. The van der Waals surface area contributed by atoms with Gasteiger partial charge in [0.1, 0.15) is 0 Å². The summed E-state index contributed by atoms with van der Waals surface area (Å²) in [6.45, 7) is 4.31. The maximum Gasteiger partial charge on any atom is 0.0658 e. The number of rotatable bonds is 5. The Morgan fingerprint density at radius 1 is 1.47 bits per heavy atom. The summed E-state index contributed by atoms with van der Waals surface area (Å²) in [6.07, 6.45) is 2.01. The number of benzene rings is 1. The van der Waals surface area contributed by atoms with Crippen LogP contribution in [0.5, 0.6) is 0 Å². The minimum Gasteiger partial charge on any atom is -0.394 e. The fraction of sp³-hybridized carbons (Fsp3) is 0.500. The first-order valence-electron chi connectivity index (χ1n) is 5.24. The molecule has 0 aliphatic carbocycles. The molecular formula is C12H18BrNO. The first kappa shape index (κ1) is 12.5. The van der Waals surface area contributed by atoms with Crippen molar-refractivity contribution in [2.24, 2.45) is 0 Å². The summed E-state index contributed by atoms with van der Waals surface area (Å²) in [5.41, 5.74) is 0.810. The minimum atomic E-state index is -0.227. The zero-order valence-electron chi connectivity index (χ0n) is 9.26. The topological polar surface area (TPSA) is 32.3 Å². The monoisotopic (exact) mass is 271 g/mol. The van der Waals surface area contributed by atoms with Crippen LogP contribution in [-0.4, -0.2) is 17.3 Å². The predicted octanol–water partition coefficient (Wildman–Crippen LogP) is 3.41. The Morgan fingerprint density at radius 3 is 2.73 bits per heavy atom. The first-order chi connectivity index (χ1) is 7.09. The number of aliphatic hydroxyl groups excluding tert-OH is 1. The minimum absolute atomic E-state index is 0.146. The molecule has 0 amide bonds. The molecule has 15 heavy (non-hydrogen) atoms. The molecule has 0 heterocycles. The molecule has 2 nitrogen and oxygen atoms in total. The molecule has 1 atom stereocenters. The van der Waals surface area contributed by atoms with Gasteiger partial charge in [-0.15, -0.1) is 0 Å². The molecule has 0 aliphatic heterocycles. The van der Waals surface area contributed by atoms with E-state index in [1.807, 2.05) is 31.2 Å². The third kappa shape index (κ3) is 3.84. The van der Waals surface area contributed by atoms with E-state index in [1.165, 1.54) is 0 Å². The van der Waals surface area contributed by atoms with Gasteiger partial charge < -0.3 is 10.4 Å². The molecule has 84 valence electrons. The van der Waals surface area contributed by atoms with Gasteiger partial charge in [-0.25, -0.2) is 0 Å². The number of nitrogens with one attached hydrogen (secondary N) is 1. The van der Waals surface area contributed by atoms with Gasteiger partial charge >= 0.3 is 0 Å². The van der Waals surface area contributed by atoms with E-state index in [9.17, 15) is 5.11 Å². The lowest BCUT2D eigenvalue weighted by atomic mass is 9.97. The molecule has 0 spiro atoms.